The highest BCUT2D eigenvalue weighted by molar-refractivity contribution is 5.70. The van der Waals surface area contributed by atoms with Gasteiger partial charge in [-0.1, -0.05) is 18.2 Å². The molecule has 2 aliphatic heterocycles. The number of nitriles is 1. The summed E-state index contributed by atoms with van der Waals surface area (Å²) in [6.07, 6.45) is 1.60. The monoisotopic (exact) mass is 282 g/mol. The highest BCUT2D eigenvalue weighted by atomic mass is 16.5. The first-order chi connectivity index (χ1) is 10.0. The lowest BCUT2D eigenvalue weighted by Crippen LogP contribution is -2.51. The molecule has 0 aromatic heterocycles. The molecule has 0 spiro atoms. The number of rotatable bonds is 1. The van der Waals surface area contributed by atoms with Crippen LogP contribution in [-0.2, 0) is 4.74 Å². The molecular formula is C16H18N4O. The van der Waals surface area contributed by atoms with Crippen LogP contribution in [0.15, 0.2) is 46.7 Å². The lowest BCUT2D eigenvalue weighted by atomic mass is 9.84. The van der Waals surface area contributed by atoms with Gasteiger partial charge in [0, 0.05) is 5.70 Å². The Hall–Kier alpha value is -2.32. The van der Waals surface area contributed by atoms with Gasteiger partial charge in [0.15, 0.2) is 0 Å². The maximum atomic E-state index is 9.36. The summed E-state index contributed by atoms with van der Waals surface area (Å²) >= 11 is 0. The molecule has 21 heavy (non-hydrogen) atoms. The SMILES string of the molecule is CC1(C)OC2C=NN(c3ccccc3)CC2C(N)=C1C#N. The molecule has 3 rings (SSSR count). The van der Waals surface area contributed by atoms with E-state index in [-0.39, 0.29) is 12.0 Å². The Kier molecular flexibility index (Phi) is 3.19. The number of nitrogens with zero attached hydrogens (tertiary/aromatic N) is 3. The third kappa shape index (κ3) is 2.28. The largest absolute Gasteiger partial charge is 0.401 e. The zero-order valence-electron chi connectivity index (χ0n) is 12.2. The van der Waals surface area contributed by atoms with Crippen LogP contribution < -0.4 is 10.7 Å². The van der Waals surface area contributed by atoms with Crippen LogP contribution in [-0.4, -0.2) is 24.5 Å². The van der Waals surface area contributed by atoms with Crippen LogP contribution in [0.5, 0.6) is 0 Å². The van der Waals surface area contributed by atoms with Crippen molar-refractivity contribution >= 4 is 11.9 Å². The van der Waals surface area contributed by atoms with Gasteiger partial charge in [0.1, 0.15) is 6.10 Å². The molecule has 5 heteroatoms. The molecule has 0 aliphatic carbocycles. The van der Waals surface area contributed by atoms with Gasteiger partial charge in [0.05, 0.1) is 41.6 Å². The van der Waals surface area contributed by atoms with Gasteiger partial charge in [-0.25, -0.2) is 0 Å². The van der Waals surface area contributed by atoms with Crippen LogP contribution >= 0.6 is 0 Å². The van der Waals surface area contributed by atoms with E-state index >= 15 is 0 Å². The predicted molar refractivity (Wildman–Crippen MR) is 81.5 cm³/mol. The summed E-state index contributed by atoms with van der Waals surface area (Å²) in [6.45, 7) is 4.34. The number of nitrogens with two attached hydrogens (primary N) is 1. The number of anilines is 1. The Morgan fingerprint density at radius 2 is 2.10 bits per heavy atom. The summed E-state index contributed by atoms with van der Waals surface area (Å²) in [7, 11) is 0. The maximum absolute atomic E-state index is 9.36. The first kappa shape index (κ1) is 13.7. The molecule has 0 radical (unpaired) electrons. The second-order valence-electron chi connectivity index (χ2n) is 5.82. The lowest BCUT2D eigenvalue weighted by Gasteiger charge is -2.43. The average Bonchev–Trinajstić information content (AvgIpc) is 2.47. The first-order valence-corrected chi connectivity index (χ1v) is 6.97. The minimum absolute atomic E-state index is 0.0506. The van der Waals surface area contributed by atoms with Crippen LogP contribution in [0.3, 0.4) is 0 Å². The van der Waals surface area contributed by atoms with Crippen LogP contribution in [0, 0.1) is 17.2 Å². The van der Waals surface area contributed by atoms with Crippen molar-refractivity contribution in [1.29, 1.82) is 5.26 Å². The van der Waals surface area contributed by atoms with E-state index in [0.29, 0.717) is 17.8 Å². The molecule has 5 nitrogen and oxygen atoms in total. The number of ether oxygens (including phenoxy) is 1. The normalized spacial score (nSPS) is 27.2. The number of hydrogen-bond acceptors (Lipinski definition) is 5. The van der Waals surface area contributed by atoms with Crippen LogP contribution in [0.25, 0.3) is 0 Å². The third-order valence-electron chi connectivity index (χ3n) is 4.01. The Bertz CT molecular complexity index is 642. The van der Waals surface area contributed by atoms with Crippen molar-refractivity contribution < 1.29 is 4.74 Å². The first-order valence-electron chi connectivity index (χ1n) is 6.97. The molecule has 0 fully saturated rings. The minimum Gasteiger partial charge on any atom is -0.401 e. The molecule has 1 aromatic carbocycles. The molecule has 2 aliphatic rings. The van der Waals surface area contributed by atoms with Gasteiger partial charge in [-0.2, -0.15) is 10.4 Å². The molecule has 0 bridgehead atoms. The minimum atomic E-state index is -0.666. The van der Waals surface area contributed by atoms with Crippen molar-refractivity contribution in [2.24, 2.45) is 16.8 Å². The molecule has 2 atom stereocenters. The van der Waals surface area contributed by atoms with Gasteiger partial charge in [0.2, 0.25) is 0 Å². The lowest BCUT2D eigenvalue weighted by molar-refractivity contribution is -0.0454. The van der Waals surface area contributed by atoms with E-state index in [4.69, 9.17) is 10.5 Å². The van der Waals surface area contributed by atoms with E-state index in [0.717, 1.165) is 5.69 Å². The smallest absolute Gasteiger partial charge is 0.106 e. The highest BCUT2D eigenvalue weighted by Crippen LogP contribution is 2.36. The number of hydrogen-bond donors (Lipinski definition) is 1. The molecule has 0 saturated heterocycles. The number of hydrazone groups is 1. The van der Waals surface area contributed by atoms with E-state index in [1.807, 2.05) is 49.2 Å². The van der Waals surface area contributed by atoms with E-state index in [1.54, 1.807) is 6.21 Å². The van der Waals surface area contributed by atoms with Crippen LogP contribution in [0.4, 0.5) is 5.69 Å². The van der Waals surface area contributed by atoms with Crippen molar-refractivity contribution in [3.63, 3.8) is 0 Å². The molecule has 1 aromatic rings. The summed E-state index contributed by atoms with van der Waals surface area (Å²) in [6, 6.07) is 12.1. The van der Waals surface area contributed by atoms with E-state index in [1.165, 1.54) is 0 Å². The summed E-state index contributed by atoms with van der Waals surface area (Å²) in [5, 5.41) is 15.7. The molecule has 0 amide bonds. The zero-order chi connectivity index (χ0) is 15.0. The van der Waals surface area contributed by atoms with Crippen molar-refractivity contribution in [3.05, 3.63) is 41.6 Å². The van der Waals surface area contributed by atoms with E-state index in [9.17, 15) is 5.26 Å². The second kappa shape index (κ2) is 4.90. The Labute approximate surface area is 124 Å². The molecule has 2 N–H and O–H groups in total. The fraction of sp³-hybridized carbons (Fsp3) is 0.375. The van der Waals surface area contributed by atoms with E-state index < -0.39 is 5.60 Å². The molecular weight excluding hydrogens is 264 g/mol. The van der Waals surface area contributed by atoms with Crippen molar-refractivity contribution in [2.75, 3.05) is 11.6 Å². The van der Waals surface area contributed by atoms with Crippen molar-refractivity contribution in [3.8, 4) is 6.07 Å². The Balaban J connectivity index is 1.95. The second-order valence-corrected chi connectivity index (χ2v) is 5.82. The summed E-state index contributed by atoms with van der Waals surface area (Å²) < 4.78 is 6.00. The number of para-hydroxylation sites is 1. The number of fused-ring (bicyclic) bond motifs is 1. The topological polar surface area (TPSA) is 74.6 Å². The third-order valence-corrected chi connectivity index (χ3v) is 4.01. The van der Waals surface area contributed by atoms with Gasteiger partial charge in [0.25, 0.3) is 0 Å². The van der Waals surface area contributed by atoms with E-state index in [2.05, 4.69) is 11.2 Å². The van der Waals surface area contributed by atoms with Gasteiger partial charge in [-0.3, -0.25) is 5.01 Å². The van der Waals surface area contributed by atoms with Crippen LogP contribution in [0.2, 0.25) is 0 Å². The van der Waals surface area contributed by atoms with Gasteiger partial charge < -0.3 is 10.5 Å². The van der Waals surface area contributed by atoms with Crippen LogP contribution in [0.1, 0.15) is 13.8 Å². The highest BCUT2D eigenvalue weighted by Gasteiger charge is 2.43. The van der Waals surface area contributed by atoms with Crippen molar-refractivity contribution in [2.45, 2.75) is 25.6 Å². The fourth-order valence-corrected chi connectivity index (χ4v) is 2.88. The summed E-state index contributed by atoms with van der Waals surface area (Å²) in [4.78, 5) is 0. The molecule has 2 heterocycles. The Morgan fingerprint density at radius 1 is 1.38 bits per heavy atom. The standard InChI is InChI=1S/C16H18N4O/c1-16(2)13(8-17)15(18)12-10-20(19-9-14(12)21-16)11-6-4-3-5-7-11/h3-7,9,12,14H,10,18H2,1-2H3. The van der Waals surface area contributed by atoms with Gasteiger partial charge >= 0.3 is 0 Å². The summed E-state index contributed by atoms with van der Waals surface area (Å²) in [5.41, 5.74) is 7.72. The van der Waals surface area contributed by atoms with Gasteiger partial charge in [-0.15, -0.1) is 0 Å². The maximum Gasteiger partial charge on any atom is 0.106 e. The molecule has 108 valence electrons. The predicted octanol–water partition coefficient (Wildman–Crippen LogP) is 2.02. The number of benzene rings is 1. The van der Waals surface area contributed by atoms with Gasteiger partial charge in [-0.05, 0) is 26.0 Å². The average molecular weight is 282 g/mol. The summed E-state index contributed by atoms with van der Waals surface area (Å²) in [5.74, 6) is -0.0506. The Morgan fingerprint density at radius 3 is 2.76 bits per heavy atom. The fourth-order valence-electron chi connectivity index (χ4n) is 2.88. The molecule has 2 unspecified atom stereocenters. The molecule has 0 saturated carbocycles. The van der Waals surface area contributed by atoms with Crippen molar-refractivity contribution in [1.82, 2.24) is 0 Å². The quantitative estimate of drug-likeness (QED) is 0.855. The zero-order valence-corrected chi connectivity index (χ0v) is 12.2.